The van der Waals surface area contributed by atoms with Gasteiger partial charge in [-0.05, 0) is 22.0 Å². The molecule has 0 atom stereocenters. The summed E-state index contributed by atoms with van der Waals surface area (Å²) in [6.07, 6.45) is 1.60. The van der Waals surface area contributed by atoms with Crippen LogP contribution in [0.2, 0.25) is 0 Å². The second kappa shape index (κ2) is 4.18. The molecule has 1 aliphatic heterocycles. The largest absolute Gasteiger partial charge is 0.468 e. The monoisotopic (exact) mass is 302 g/mol. The van der Waals surface area contributed by atoms with E-state index in [1.807, 2.05) is 0 Å². The number of ether oxygens (including phenoxy) is 2. The first-order chi connectivity index (χ1) is 7.89. The van der Waals surface area contributed by atoms with Crippen LogP contribution in [0.5, 0.6) is 0 Å². The summed E-state index contributed by atoms with van der Waals surface area (Å²) in [6.45, 7) is 3.03. The number of furan rings is 1. The molecule has 5 nitrogen and oxygen atoms in total. The fraction of sp³-hybridized carbons (Fsp3) is 0.455. The third kappa shape index (κ3) is 2.52. The highest BCUT2D eigenvalue weighted by atomic mass is 79.9. The molecule has 6 heteroatoms. The second-order valence-electron chi connectivity index (χ2n) is 4.19. The Balaban J connectivity index is 2.15. The average molecular weight is 303 g/mol. The summed E-state index contributed by atoms with van der Waals surface area (Å²) in [5.74, 6) is -2.82. The van der Waals surface area contributed by atoms with Crippen LogP contribution in [0.3, 0.4) is 0 Å². The molecule has 2 heterocycles. The predicted molar refractivity (Wildman–Crippen MR) is 59.9 cm³/mol. The van der Waals surface area contributed by atoms with Gasteiger partial charge in [0.2, 0.25) is 0 Å². The molecule has 0 spiro atoms. The van der Waals surface area contributed by atoms with Crippen LogP contribution >= 0.6 is 15.9 Å². The third-order valence-electron chi connectivity index (χ3n) is 2.34. The van der Waals surface area contributed by atoms with E-state index >= 15 is 0 Å². The Morgan fingerprint density at radius 2 is 1.88 bits per heavy atom. The summed E-state index contributed by atoms with van der Waals surface area (Å²) < 4.78 is 15.9. The van der Waals surface area contributed by atoms with Crippen molar-refractivity contribution < 1.29 is 23.5 Å². The van der Waals surface area contributed by atoms with E-state index < -0.39 is 23.6 Å². The smallest absolute Gasteiger partial charge is 0.324 e. The van der Waals surface area contributed by atoms with Crippen molar-refractivity contribution >= 4 is 27.9 Å². The first-order valence-corrected chi connectivity index (χ1v) is 5.86. The lowest BCUT2D eigenvalue weighted by atomic mass is 10.0. The van der Waals surface area contributed by atoms with Crippen molar-refractivity contribution in [2.24, 2.45) is 5.92 Å². The Morgan fingerprint density at radius 1 is 1.29 bits per heavy atom. The SMILES string of the molecule is CC1(C)OC(=O)C(Cc2occc2Br)C(=O)O1. The van der Waals surface area contributed by atoms with Crippen LogP contribution in [0.1, 0.15) is 19.6 Å². The molecule has 0 aromatic carbocycles. The third-order valence-corrected chi connectivity index (χ3v) is 3.05. The summed E-state index contributed by atoms with van der Waals surface area (Å²) in [7, 11) is 0. The predicted octanol–water partition coefficient (Wildman–Crippen LogP) is 2.04. The lowest BCUT2D eigenvalue weighted by Crippen LogP contribution is -2.46. The van der Waals surface area contributed by atoms with E-state index in [4.69, 9.17) is 13.9 Å². The molecule has 0 radical (unpaired) electrons. The second-order valence-corrected chi connectivity index (χ2v) is 5.04. The maximum Gasteiger partial charge on any atom is 0.324 e. The fourth-order valence-corrected chi connectivity index (χ4v) is 1.93. The van der Waals surface area contributed by atoms with Gasteiger partial charge in [-0.25, -0.2) is 0 Å². The molecule has 2 rings (SSSR count). The zero-order valence-corrected chi connectivity index (χ0v) is 10.9. The Morgan fingerprint density at radius 3 is 2.35 bits per heavy atom. The Bertz CT molecular complexity index is 442. The van der Waals surface area contributed by atoms with E-state index in [1.54, 1.807) is 6.07 Å². The molecule has 0 N–H and O–H groups in total. The molecule has 0 bridgehead atoms. The van der Waals surface area contributed by atoms with Crippen LogP contribution in [-0.2, 0) is 25.5 Å². The highest BCUT2D eigenvalue weighted by Crippen LogP contribution is 2.28. The minimum Gasteiger partial charge on any atom is -0.468 e. The van der Waals surface area contributed by atoms with Crippen LogP contribution in [0.25, 0.3) is 0 Å². The number of hydrogen-bond donors (Lipinski definition) is 0. The van der Waals surface area contributed by atoms with Gasteiger partial charge in [-0.3, -0.25) is 9.59 Å². The molecule has 1 aromatic heterocycles. The highest BCUT2D eigenvalue weighted by molar-refractivity contribution is 9.10. The van der Waals surface area contributed by atoms with E-state index in [2.05, 4.69) is 15.9 Å². The Labute approximate surface area is 106 Å². The van der Waals surface area contributed by atoms with Crippen LogP contribution in [0, 0.1) is 5.92 Å². The van der Waals surface area contributed by atoms with Crippen LogP contribution in [-0.4, -0.2) is 17.7 Å². The molecule has 1 fully saturated rings. The number of halogens is 1. The quantitative estimate of drug-likeness (QED) is 0.618. The standard InChI is InChI=1S/C11H11BrO5/c1-11(2)16-9(13)6(10(14)17-11)5-8-7(12)3-4-15-8/h3-4,6H,5H2,1-2H3. The van der Waals surface area contributed by atoms with Crippen molar-refractivity contribution in [3.63, 3.8) is 0 Å². The molecule has 1 aliphatic rings. The summed E-state index contributed by atoms with van der Waals surface area (Å²) in [6, 6.07) is 1.69. The fourth-order valence-electron chi connectivity index (χ4n) is 1.57. The summed E-state index contributed by atoms with van der Waals surface area (Å²) in [4.78, 5) is 23.4. The normalized spacial score (nSPS) is 19.9. The number of carbonyl (C=O) groups excluding carboxylic acids is 2. The molecule has 17 heavy (non-hydrogen) atoms. The van der Waals surface area contributed by atoms with Crippen molar-refractivity contribution in [2.75, 3.05) is 0 Å². The highest BCUT2D eigenvalue weighted by Gasteiger charge is 2.43. The van der Waals surface area contributed by atoms with Crippen molar-refractivity contribution in [2.45, 2.75) is 26.1 Å². The van der Waals surface area contributed by atoms with Gasteiger partial charge in [-0.2, -0.15) is 0 Å². The molecule has 0 unspecified atom stereocenters. The van der Waals surface area contributed by atoms with Gasteiger partial charge in [0.05, 0.1) is 10.7 Å². The molecule has 1 saturated heterocycles. The number of carbonyl (C=O) groups is 2. The van der Waals surface area contributed by atoms with Crippen molar-refractivity contribution in [1.82, 2.24) is 0 Å². The summed E-state index contributed by atoms with van der Waals surface area (Å²) in [5.41, 5.74) is 0. The van der Waals surface area contributed by atoms with Gasteiger partial charge in [0.25, 0.3) is 5.79 Å². The average Bonchev–Trinajstić information content (AvgIpc) is 2.56. The summed E-state index contributed by atoms with van der Waals surface area (Å²) >= 11 is 3.26. The van der Waals surface area contributed by atoms with Crippen molar-refractivity contribution in [1.29, 1.82) is 0 Å². The lowest BCUT2D eigenvalue weighted by Gasteiger charge is -2.32. The molecule has 92 valence electrons. The molecule has 1 aromatic rings. The topological polar surface area (TPSA) is 65.7 Å². The van der Waals surface area contributed by atoms with Crippen LogP contribution < -0.4 is 0 Å². The van der Waals surface area contributed by atoms with Crippen molar-refractivity contribution in [3.8, 4) is 0 Å². The van der Waals surface area contributed by atoms with Crippen molar-refractivity contribution in [3.05, 3.63) is 22.6 Å². The zero-order chi connectivity index (χ0) is 12.6. The molecule has 0 saturated carbocycles. The molecular formula is C11H11BrO5. The van der Waals surface area contributed by atoms with E-state index in [-0.39, 0.29) is 6.42 Å². The van der Waals surface area contributed by atoms with E-state index in [1.165, 1.54) is 20.1 Å². The Kier molecular flexibility index (Phi) is 2.99. The molecule has 0 amide bonds. The molecule has 0 aliphatic carbocycles. The zero-order valence-electron chi connectivity index (χ0n) is 9.36. The number of hydrogen-bond acceptors (Lipinski definition) is 5. The minimum absolute atomic E-state index is 0.126. The van der Waals surface area contributed by atoms with E-state index in [0.717, 1.165) is 0 Å². The summed E-state index contributed by atoms with van der Waals surface area (Å²) in [5, 5.41) is 0. The first kappa shape index (κ1) is 12.2. The van der Waals surface area contributed by atoms with Gasteiger partial charge < -0.3 is 13.9 Å². The van der Waals surface area contributed by atoms with Gasteiger partial charge in [0, 0.05) is 20.3 Å². The van der Waals surface area contributed by atoms with E-state index in [9.17, 15) is 9.59 Å². The van der Waals surface area contributed by atoms with Gasteiger partial charge in [-0.1, -0.05) is 0 Å². The van der Waals surface area contributed by atoms with Crippen LogP contribution in [0.4, 0.5) is 0 Å². The van der Waals surface area contributed by atoms with Gasteiger partial charge in [0.15, 0.2) is 5.92 Å². The van der Waals surface area contributed by atoms with Crippen LogP contribution in [0.15, 0.2) is 21.2 Å². The van der Waals surface area contributed by atoms with Gasteiger partial charge in [-0.15, -0.1) is 0 Å². The number of rotatable bonds is 2. The van der Waals surface area contributed by atoms with Gasteiger partial charge in [0.1, 0.15) is 5.76 Å². The molecular weight excluding hydrogens is 292 g/mol. The number of cyclic esters (lactones) is 2. The Hall–Kier alpha value is -1.30. The first-order valence-electron chi connectivity index (χ1n) is 5.06. The van der Waals surface area contributed by atoms with Gasteiger partial charge >= 0.3 is 11.9 Å². The maximum absolute atomic E-state index is 11.7. The van der Waals surface area contributed by atoms with E-state index in [0.29, 0.717) is 10.2 Å². The lowest BCUT2D eigenvalue weighted by molar-refractivity contribution is -0.239. The maximum atomic E-state index is 11.7. The number of esters is 2. The minimum atomic E-state index is -1.19.